The van der Waals surface area contributed by atoms with Crippen LogP contribution in [0.15, 0.2) is 0 Å². The number of nitrogens with one attached hydrogen (secondary N) is 2. The lowest BCUT2D eigenvalue weighted by molar-refractivity contribution is -0.120. The highest BCUT2D eigenvalue weighted by Gasteiger charge is 2.35. The number of hydrogen-bond acceptors (Lipinski definition) is 3. The number of amides is 1. The lowest BCUT2D eigenvalue weighted by atomic mass is 10.2. The molecule has 14 heavy (non-hydrogen) atoms. The molecule has 1 rings (SSSR count). The third kappa shape index (κ3) is 3.75. The van der Waals surface area contributed by atoms with Gasteiger partial charge in [0.1, 0.15) is 6.54 Å². The molecule has 2 atom stereocenters. The molecule has 1 fully saturated rings. The van der Waals surface area contributed by atoms with Gasteiger partial charge in [0.25, 0.3) is 0 Å². The first kappa shape index (κ1) is 11.0. The monoisotopic (exact) mass is 195 g/mol. The van der Waals surface area contributed by atoms with E-state index in [1.54, 1.807) is 0 Å². The summed E-state index contributed by atoms with van der Waals surface area (Å²) in [6.45, 7) is 2.62. The number of carbonyl (C=O) groups is 1. The number of nitriles is 1. The van der Waals surface area contributed by atoms with Crippen molar-refractivity contribution in [2.45, 2.75) is 32.2 Å². The molecular formula is C10H17N3O. The van der Waals surface area contributed by atoms with Crippen LogP contribution in [0.2, 0.25) is 0 Å². The van der Waals surface area contributed by atoms with Crippen LogP contribution in [-0.2, 0) is 4.79 Å². The van der Waals surface area contributed by atoms with Crippen LogP contribution in [0.3, 0.4) is 0 Å². The fourth-order valence-corrected chi connectivity index (χ4v) is 1.61. The van der Waals surface area contributed by atoms with Gasteiger partial charge >= 0.3 is 0 Å². The van der Waals surface area contributed by atoms with Crippen LogP contribution in [0.1, 0.15) is 26.2 Å². The van der Waals surface area contributed by atoms with Gasteiger partial charge in [0.2, 0.25) is 5.91 Å². The predicted molar refractivity (Wildman–Crippen MR) is 53.4 cm³/mol. The summed E-state index contributed by atoms with van der Waals surface area (Å²) in [7, 11) is 0. The van der Waals surface area contributed by atoms with Gasteiger partial charge in [0, 0.05) is 6.04 Å². The molecular weight excluding hydrogens is 178 g/mol. The maximum Gasteiger partial charge on any atom is 0.234 e. The van der Waals surface area contributed by atoms with Gasteiger partial charge in [-0.15, -0.1) is 0 Å². The summed E-state index contributed by atoms with van der Waals surface area (Å²) in [4.78, 5) is 11.1. The van der Waals surface area contributed by atoms with E-state index in [0.717, 1.165) is 5.92 Å². The topological polar surface area (TPSA) is 64.9 Å². The summed E-state index contributed by atoms with van der Waals surface area (Å²) >= 11 is 0. The SMILES string of the molecule is CCCC1CC1NCC(=O)NCC#N. The van der Waals surface area contributed by atoms with Crippen molar-refractivity contribution in [1.29, 1.82) is 5.26 Å². The van der Waals surface area contributed by atoms with E-state index in [2.05, 4.69) is 17.6 Å². The first-order valence-electron chi connectivity index (χ1n) is 5.15. The average molecular weight is 195 g/mol. The van der Waals surface area contributed by atoms with Crippen molar-refractivity contribution in [2.75, 3.05) is 13.1 Å². The second-order valence-corrected chi connectivity index (χ2v) is 3.71. The smallest absolute Gasteiger partial charge is 0.234 e. The zero-order valence-corrected chi connectivity index (χ0v) is 8.55. The highest BCUT2D eigenvalue weighted by Crippen LogP contribution is 2.34. The molecule has 0 radical (unpaired) electrons. The van der Waals surface area contributed by atoms with Crippen LogP contribution in [0.25, 0.3) is 0 Å². The van der Waals surface area contributed by atoms with E-state index < -0.39 is 0 Å². The highest BCUT2D eigenvalue weighted by atomic mass is 16.1. The molecule has 4 nitrogen and oxygen atoms in total. The van der Waals surface area contributed by atoms with E-state index in [1.807, 2.05) is 6.07 Å². The van der Waals surface area contributed by atoms with Gasteiger partial charge in [-0.05, 0) is 18.8 Å². The Balaban J connectivity index is 2.00. The Morgan fingerprint density at radius 1 is 1.64 bits per heavy atom. The fourth-order valence-electron chi connectivity index (χ4n) is 1.61. The summed E-state index contributed by atoms with van der Waals surface area (Å²) in [6, 6.07) is 2.40. The standard InChI is InChI=1S/C10H17N3O/c1-2-3-8-6-9(8)13-7-10(14)12-5-4-11/h8-9,13H,2-3,5-7H2,1H3,(H,12,14). The van der Waals surface area contributed by atoms with Gasteiger partial charge in [0.15, 0.2) is 0 Å². The van der Waals surface area contributed by atoms with Crippen LogP contribution >= 0.6 is 0 Å². The van der Waals surface area contributed by atoms with Gasteiger partial charge in [-0.2, -0.15) is 5.26 Å². The number of rotatable bonds is 6. The number of hydrogen-bond donors (Lipinski definition) is 2. The van der Waals surface area contributed by atoms with Gasteiger partial charge in [-0.25, -0.2) is 0 Å². The quantitative estimate of drug-likeness (QED) is 0.603. The van der Waals surface area contributed by atoms with Crippen molar-refractivity contribution in [3.63, 3.8) is 0 Å². The largest absolute Gasteiger partial charge is 0.342 e. The van der Waals surface area contributed by atoms with E-state index in [4.69, 9.17) is 5.26 Å². The van der Waals surface area contributed by atoms with Crippen LogP contribution in [0.5, 0.6) is 0 Å². The number of nitrogens with zero attached hydrogens (tertiary/aromatic N) is 1. The normalized spacial score (nSPS) is 24.0. The maximum atomic E-state index is 11.1. The van der Waals surface area contributed by atoms with Crippen molar-refractivity contribution in [3.8, 4) is 6.07 Å². The summed E-state index contributed by atoms with van der Waals surface area (Å²) in [6.07, 6.45) is 3.65. The van der Waals surface area contributed by atoms with Gasteiger partial charge in [-0.1, -0.05) is 13.3 Å². The molecule has 0 aromatic carbocycles. The lowest BCUT2D eigenvalue weighted by Crippen LogP contribution is -2.35. The summed E-state index contributed by atoms with van der Waals surface area (Å²) < 4.78 is 0. The number of carbonyl (C=O) groups excluding carboxylic acids is 1. The molecule has 0 saturated heterocycles. The Morgan fingerprint density at radius 3 is 3.07 bits per heavy atom. The zero-order valence-electron chi connectivity index (χ0n) is 8.55. The molecule has 0 aromatic rings. The molecule has 0 spiro atoms. The fraction of sp³-hybridized carbons (Fsp3) is 0.800. The van der Waals surface area contributed by atoms with Gasteiger partial charge in [0.05, 0.1) is 12.6 Å². The van der Waals surface area contributed by atoms with Crippen LogP contribution < -0.4 is 10.6 Å². The minimum Gasteiger partial charge on any atom is -0.342 e. The second-order valence-electron chi connectivity index (χ2n) is 3.71. The molecule has 1 amide bonds. The first-order valence-corrected chi connectivity index (χ1v) is 5.15. The summed E-state index contributed by atoms with van der Waals surface area (Å²) in [5, 5.41) is 13.9. The summed E-state index contributed by atoms with van der Waals surface area (Å²) in [5.41, 5.74) is 0. The summed E-state index contributed by atoms with van der Waals surface area (Å²) in [5.74, 6) is 0.678. The minimum absolute atomic E-state index is 0.0892. The maximum absolute atomic E-state index is 11.1. The van der Waals surface area contributed by atoms with E-state index in [-0.39, 0.29) is 12.5 Å². The van der Waals surface area contributed by atoms with E-state index in [9.17, 15) is 4.79 Å². The van der Waals surface area contributed by atoms with Crippen molar-refractivity contribution in [1.82, 2.24) is 10.6 Å². The van der Waals surface area contributed by atoms with E-state index >= 15 is 0 Å². The molecule has 0 aromatic heterocycles. The molecule has 1 aliphatic rings. The molecule has 0 bridgehead atoms. The molecule has 2 unspecified atom stereocenters. The highest BCUT2D eigenvalue weighted by molar-refractivity contribution is 5.78. The Kier molecular flexibility index (Phi) is 4.41. The minimum atomic E-state index is -0.0892. The van der Waals surface area contributed by atoms with Crippen LogP contribution in [0.4, 0.5) is 0 Å². The van der Waals surface area contributed by atoms with Gasteiger partial charge < -0.3 is 10.6 Å². The van der Waals surface area contributed by atoms with Crippen LogP contribution in [0, 0.1) is 17.2 Å². The molecule has 2 N–H and O–H groups in total. The molecule has 1 saturated carbocycles. The Morgan fingerprint density at radius 2 is 2.43 bits per heavy atom. The van der Waals surface area contributed by atoms with E-state index in [0.29, 0.717) is 12.6 Å². The third-order valence-electron chi connectivity index (χ3n) is 2.47. The first-order chi connectivity index (χ1) is 6.77. The molecule has 0 heterocycles. The van der Waals surface area contributed by atoms with Crippen LogP contribution in [-0.4, -0.2) is 25.0 Å². The van der Waals surface area contributed by atoms with Crippen molar-refractivity contribution >= 4 is 5.91 Å². The molecule has 1 aliphatic carbocycles. The Bertz CT molecular complexity index is 234. The van der Waals surface area contributed by atoms with Crippen molar-refractivity contribution in [2.24, 2.45) is 5.92 Å². The average Bonchev–Trinajstić information content (AvgIpc) is 2.91. The Hall–Kier alpha value is -1.08. The predicted octanol–water partition coefficient (Wildman–Crippen LogP) is 0.404. The lowest BCUT2D eigenvalue weighted by Gasteiger charge is -2.02. The molecule has 4 heteroatoms. The third-order valence-corrected chi connectivity index (χ3v) is 2.47. The molecule has 0 aliphatic heterocycles. The van der Waals surface area contributed by atoms with Crippen molar-refractivity contribution < 1.29 is 4.79 Å². The van der Waals surface area contributed by atoms with E-state index in [1.165, 1.54) is 19.3 Å². The Labute approximate surface area is 84.7 Å². The zero-order chi connectivity index (χ0) is 10.4. The van der Waals surface area contributed by atoms with Crippen molar-refractivity contribution in [3.05, 3.63) is 0 Å². The van der Waals surface area contributed by atoms with Gasteiger partial charge in [-0.3, -0.25) is 4.79 Å². The molecule has 78 valence electrons. The second kappa shape index (κ2) is 5.61.